The predicted molar refractivity (Wildman–Crippen MR) is 61.8 cm³/mol. The van der Waals surface area contributed by atoms with Crippen molar-refractivity contribution in [3.63, 3.8) is 0 Å². The molecule has 0 unspecified atom stereocenters. The van der Waals surface area contributed by atoms with Crippen molar-refractivity contribution in [1.82, 2.24) is 4.98 Å². The van der Waals surface area contributed by atoms with Gasteiger partial charge in [0.1, 0.15) is 5.75 Å². The number of aromatic nitrogens is 1. The van der Waals surface area contributed by atoms with Crippen molar-refractivity contribution in [2.24, 2.45) is 0 Å². The Morgan fingerprint density at radius 3 is 2.82 bits per heavy atom. The number of nitrogens with zero attached hydrogens (tertiary/aromatic N) is 2. The molecule has 0 spiro atoms. The quantitative estimate of drug-likeness (QED) is 0.497. The maximum absolute atomic E-state index is 10.6. The van der Waals surface area contributed by atoms with Gasteiger partial charge in [-0.1, -0.05) is 6.07 Å². The lowest BCUT2D eigenvalue weighted by Gasteiger charge is -2.04. The third-order valence-corrected chi connectivity index (χ3v) is 2.01. The molecule has 0 aliphatic rings. The maximum Gasteiger partial charge on any atom is 0.276 e. The Hall–Kier alpha value is -2.63. The number of anilines is 1. The van der Waals surface area contributed by atoms with Gasteiger partial charge in [0.15, 0.2) is 0 Å². The van der Waals surface area contributed by atoms with Gasteiger partial charge in [0.05, 0.1) is 11.0 Å². The molecule has 0 amide bonds. The van der Waals surface area contributed by atoms with Crippen molar-refractivity contribution in [2.45, 2.75) is 0 Å². The van der Waals surface area contributed by atoms with Crippen molar-refractivity contribution in [1.29, 1.82) is 0 Å². The summed E-state index contributed by atoms with van der Waals surface area (Å²) in [6.45, 7) is 0. The number of ether oxygens (including phenoxy) is 1. The van der Waals surface area contributed by atoms with Crippen LogP contribution < -0.4 is 10.5 Å². The summed E-state index contributed by atoms with van der Waals surface area (Å²) in [6.07, 6.45) is 1.32. The molecule has 1 aromatic carbocycles. The number of nitrogen functional groups attached to an aromatic ring is 1. The van der Waals surface area contributed by atoms with E-state index in [9.17, 15) is 10.1 Å². The summed E-state index contributed by atoms with van der Waals surface area (Å²) < 4.78 is 5.35. The number of hydrogen-bond acceptors (Lipinski definition) is 5. The van der Waals surface area contributed by atoms with Gasteiger partial charge < -0.3 is 10.5 Å². The van der Waals surface area contributed by atoms with Crippen LogP contribution in [0.3, 0.4) is 0 Å². The van der Waals surface area contributed by atoms with E-state index in [1.54, 1.807) is 24.3 Å². The Morgan fingerprint density at radius 2 is 2.12 bits per heavy atom. The standard InChI is InChI=1S/C11H9N3O3/c12-8-2-1-3-10(6-8)17-11-7-9(14(15)16)4-5-13-11/h1-7H,12H2. The number of rotatable bonds is 3. The molecule has 2 N–H and O–H groups in total. The van der Waals surface area contributed by atoms with Gasteiger partial charge in [-0.3, -0.25) is 10.1 Å². The summed E-state index contributed by atoms with van der Waals surface area (Å²) in [5.74, 6) is 0.641. The van der Waals surface area contributed by atoms with Gasteiger partial charge in [0.25, 0.3) is 5.69 Å². The lowest BCUT2D eigenvalue weighted by Crippen LogP contribution is -1.92. The Kier molecular flexibility index (Phi) is 2.87. The number of pyridine rings is 1. The van der Waals surface area contributed by atoms with Crippen LogP contribution in [0.1, 0.15) is 0 Å². The predicted octanol–water partition coefficient (Wildman–Crippen LogP) is 2.36. The van der Waals surface area contributed by atoms with Crippen molar-refractivity contribution in [3.05, 3.63) is 52.7 Å². The molecule has 0 aliphatic carbocycles. The van der Waals surface area contributed by atoms with Gasteiger partial charge in [-0.15, -0.1) is 0 Å². The normalized spacial score (nSPS) is 9.88. The highest BCUT2D eigenvalue weighted by atomic mass is 16.6. The second-order valence-corrected chi connectivity index (χ2v) is 3.28. The summed E-state index contributed by atoms with van der Waals surface area (Å²) in [5, 5.41) is 10.6. The fourth-order valence-electron chi connectivity index (χ4n) is 1.27. The second kappa shape index (κ2) is 4.48. The van der Waals surface area contributed by atoms with Crippen LogP contribution in [0.15, 0.2) is 42.6 Å². The maximum atomic E-state index is 10.6. The first-order valence-corrected chi connectivity index (χ1v) is 4.79. The molecule has 0 fully saturated rings. The Labute approximate surface area is 96.8 Å². The van der Waals surface area contributed by atoms with E-state index in [2.05, 4.69) is 4.98 Å². The molecule has 0 bridgehead atoms. The molecule has 6 heteroatoms. The first-order chi connectivity index (χ1) is 8.15. The first kappa shape index (κ1) is 10.9. The Balaban J connectivity index is 2.24. The molecule has 86 valence electrons. The average Bonchev–Trinajstić information content (AvgIpc) is 2.29. The molecular weight excluding hydrogens is 222 g/mol. The highest BCUT2D eigenvalue weighted by molar-refractivity contribution is 5.45. The van der Waals surface area contributed by atoms with E-state index < -0.39 is 4.92 Å². The van der Waals surface area contributed by atoms with Crippen molar-refractivity contribution < 1.29 is 9.66 Å². The number of nitrogens with two attached hydrogens (primary N) is 1. The monoisotopic (exact) mass is 231 g/mol. The lowest BCUT2D eigenvalue weighted by atomic mass is 10.3. The topological polar surface area (TPSA) is 91.3 Å². The number of hydrogen-bond donors (Lipinski definition) is 1. The molecule has 0 radical (unpaired) electrons. The van der Waals surface area contributed by atoms with Crippen LogP contribution >= 0.6 is 0 Å². The van der Waals surface area contributed by atoms with Crippen LogP contribution in [-0.2, 0) is 0 Å². The van der Waals surface area contributed by atoms with Gasteiger partial charge >= 0.3 is 0 Å². The molecule has 0 saturated heterocycles. The molecule has 17 heavy (non-hydrogen) atoms. The van der Waals surface area contributed by atoms with Crippen molar-refractivity contribution in [3.8, 4) is 11.6 Å². The number of benzene rings is 1. The van der Waals surface area contributed by atoms with Gasteiger partial charge in [0.2, 0.25) is 5.88 Å². The largest absolute Gasteiger partial charge is 0.439 e. The SMILES string of the molecule is Nc1cccc(Oc2cc([N+](=O)[O-])ccn2)c1. The molecule has 0 atom stereocenters. The van der Waals surface area contributed by atoms with Gasteiger partial charge in [-0.25, -0.2) is 4.98 Å². The third-order valence-electron chi connectivity index (χ3n) is 2.01. The zero-order valence-electron chi connectivity index (χ0n) is 8.74. The van der Waals surface area contributed by atoms with Crippen molar-refractivity contribution >= 4 is 11.4 Å². The van der Waals surface area contributed by atoms with E-state index >= 15 is 0 Å². The Morgan fingerprint density at radius 1 is 1.29 bits per heavy atom. The lowest BCUT2D eigenvalue weighted by molar-refractivity contribution is -0.385. The minimum atomic E-state index is -0.506. The van der Waals surface area contributed by atoms with E-state index in [0.717, 1.165) is 0 Å². The van der Waals surface area contributed by atoms with E-state index in [0.29, 0.717) is 11.4 Å². The van der Waals surface area contributed by atoms with Crippen LogP contribution in [0.25, 0.3) is 0 Å². The fraction of sp³-hybridized carbons (Fsp3) is 0. The molecule has 2 rings (SSSR count). The molecule has 0 saturated carbocycles. The summed E-state index contributed by atoms with van der Waals surface area (Å²) in [4.78, 5) is 13.9. The Bertz CT molecular complexity index is 557. The molecule has 1 aromatic heterocycles. The van der Waals surface area contributed by atoms with E-state index in [1.807, 2.05) is 0 Å². The molecule has 0 aliphatic heterocycles. The van der Waals surface area contributed by atoms with E-state index in [1.165, 1.54) is 18.3 Å². The molecule has 2 aromatic rings. The summed E-state index contributed by atoms with van der Waals surface area (Å²) in [5.41, 5.74) is 6.06. The minimum Gasteiger partial charge on any atom is -0.439 e. The summed E-state index contributed by atoms with van der Waals surface area (Å²) in [7, 11) is 0. The average molecular weight is 231 g/mol. The molecular formula is C11H9N3O3. The van der Waals surface area contributed by atoms with Crippen LogP contribution in [0.4, 0.5) is 11.4 Å². The second-order valence-electron chi connectivity index (χ2n) is 3.28. The van der Waals surface area contributed by atoms with Gasteiger partial charge in [-0.2, -0.15) is 0 Å². The van der Waals surface area contributed by atoms with Gasteiger partial charge in [0, 0.05) is 24.0 Å². The third kappa shape index (κ3) is 2.69. The summed E-state index contributed by atoms with van der Waals surface area (Å²) >= 11 is 0. The highest BCUT2D eigenvalue weighted by Gasteiger charge is 2.08. The highest BCUT2D eigenvalue weighted by Crippen LogP contribution is 2.23. The van der Waals surface area contributed by atoms with Crippen LogP contribution in [0.5, 0.6) is 11.6 Å². The van der Waals surface area contributed by atoms with E-state index in [-0.39, 0.29) is 11.6 Å². The minimum absolute atomic E-state index is 0.0705. The van der Waals surface area contributed by atoms with Gasteiger partial charge in [-0.05, 0) is 12.1 Å². The zero-order chi connectivity index (χ0) is 12.3. The molecule has 6 nitrogen and oxygen atoms in total. The first-order valence-electron chi connectivity index (χ1n) is 4.79. The van der Waals surface area contributed by atoms with E-state index in [4.69, 9.17) is 10.5 Å². The van der Waals surface area contributed by atoms with Crippen LogP contribution in [-0.4, -0.2) is 9.91 Å². The molecule has 1 heterocycles. The van der Waals surface area contributed by atoms with Crippen molar-refractivity contribution in [2.75, 3.05) is 5.73 Å². The summed E-state index contributed by atoms with van der Waals surface area (Å²) in [6, 6.07) is 9.29. The smallest absolute Gasteiger partial charge is 0.276 e. The fourth-order valence-corrected chi connectivity index (χ4v) is 1.27. The zero-order valence-corrected chi connectivity index (χ0v) is 8.74. The van der Waals surface area contributed by atoms with Crippen LogP contribution in [0.2, 0.25) is 0 Å². The van der Waals surface area contributed by atoms with Crippen LogP contribution in [0, 0.1) is 10.1 Å². The number of nitro groups is 1.